The summed E-state index contributed by atoms with van der Waals surface area (Å²) in [4.78, 5) is 36.0. The van der Waals surface area contributed by atoms with Crippen molar-refractivity contribution in [3.63, 3.8) is 0 Å². The zero-order valence-corrected chi connectivity index (χ0v) is 14.8. The molecule has 0 fully saturated rings. The highest BCUT2D eigenvalue weighted by molar-refractivity contribution is 6.08. The fourth-order valence-corrected chi connectivity index (χ4v) is 2.88. The second-order valence-electron chi connectivity index (χ2n) is 6.96. The number of Topliss-reactive ketones (excluding diaryl/α,β-unsaturated/α-hetero) is 1. The number of carboxylic acid groups (broad SMARTS) is 1. The van der Waals surface area contributed by atoms with Gasteiger partial charge < -0.3 is 15.2 Å². The SMILES string of the molecule is Cc1ccc(C(=O)O)cc1NC(=O)c1ccc2c(c1)C(=O)CC(C)(C)O2. The van der Waals surface area contributed by atoms with Crippen LogP contribution in [0.15, 0.2) is 36.4 Å². The summed E-state index contributed by atoms with van der Waals surface area (Å²) in [5, 5.41) is 11.8. The van der Waals surface area contributed by atoms with Crippen LogP contribution in [0.4, 0.5) is 5.69 Å². The summed E-state index contributed by atoms with van der Waals surface area (Å²) in [5.41, 5.74) is 1.36. The third kappa shape index (κ3) is 3.44. The molecule has 1 heterocycles. The molecule has 2 aromatic carbocycles. The standard InChI is InChI=1S/C20H19NO5/c1-11-4-5-13(19(24)25)9-15(11)21-18(23)12-6-7-17-14(8-12)16(22)10-20(2,3)26-17/h4-9H,10H2,1-3H3,(H,21,23)(H,24,25). The van der Waals surface area contributed by atoms with E-state index in [2.05, 4.69) is 5.32 Å². The summed E-state index contributed by atoms with van der Waals surface area (Å²) in [7, 11) is 0. The zero-order valence-electron chi connectivity index (χ0n) is 14.8. The van der Waals surface area contributed by atoms with E-state index in [4.69, 9.17) is 9.84 Å². The molecule has 6 nitrogen and oxygen atoms in total. The summed E-state index contributed by atoms with van der Waals surface area (Å²) in [6, 6.07) is 9.22. The van der Waals surface area contributed by atoms with E-state index < -0.39 is 17.5 Å². The molecule has 0 spiro atoms. The maximum absolute atomic E-state index is 12.6. The van der Waals surface area contributed by atoms with Crippen LogP contribution < -0.4 is 10.1 Å². The predicted molar refractivity (Wildman–Crippen MR) is 96.2 cm³/mol. The van der Waals surface area contributed by atoms with Gasteiger partial charge in [0.15, 0.2) is 5.78 Å². The summed E-state index contributed by atoms with van der Waals surface area (Å²) in [6.07, 6.45) is 0.241. The molecule has 0 unspecified atom stereocenters. The first-order valence-corrected chi connectivity index (χ1v) is 8.18. The van der Waals surface area contributed by atoms with Crippen molar-refractivity contribution in [2.45, 2.75) is 32.8 Å². The minimum Gasteiger partial charge on any atom is -0.487 e. The second-order valence-corrected chi connectivity index (χ2v) is 6.96. The van der Waals surface area contributed by atoms with Crippen LogP contribution in [0, 0.1) is 6.92 Å². The first kappa shape index (κ1) is 17.7. The van der Waals surface area contributed by atoms with Gasteiger partial charge in [-0.15, -0.1) is 0 Å². The van der Waals surface area contributed by atoms with Crippen molar-refractivity contribution in [3.8, 4) is 5.75 Å². The fourth-order valence-electron chi connectivity index (χ4n) is 2.88. The van der Waals surface area contributed by atoms with E-state index in [9.17, 15) is 14.4 Å². The first-order valence-electron chi connectivity index (χ1n) is 8.18. The summed E-state index contributed by atoms with van der Waals surface area (Å²) >= 11 is 0. The molecular formula is C20H19NO5. The van der Waals surface area contributed by atoms with E-state index in [0.29, 0.717) is 22.6 Å². The Morgan fingerprint density at radius 1 is 1.12 bits per heavy atom. The number of ketones is 1. The van der Waals surface area contributed by atoms with Gasteiger partial charge in [0, 0.05) is 11.3 Å². The zero-order chi connectivity index (χ0) is 19.1. The minimum atomic E-state index is -1.07. The topological polar surface area (TPSA) is 92.7 Å². The van der Waals surface area contributed by atoms with Crippen LogP contribution in [0.5, 0.6) is 5.75 Å². The monoisotopic (exact) mass is 353 g/mol. The van der Waals surface area contributed by atoms with E-state index in [-0.39, 0.29) is 17.8 Å². The van der Waals surface area contributed by atoms with Gasteiger partial charge in [-0.2, -0.15) is 0 Å². The second kappa shape index (κ2) is 6.29. The predicted octanol–water partition coefficient (Wildman–Crippen LogP) is 3.69. The van der Waals surface area contributed by atoms with Crippen molar-refractivity contribution in [3.05, 3.63) is 58.7 Å². The Labute approximate surface area is 150 Å². The molecule has 0 radical (unpaired) electrons. The molecule has 3 rings (SSSR count). The van der Waals surface area contributed by atoms with Crippen LogP contribution in [-0.4, -0.2) is 28.4 Å². The quantitative estimate of drug-likeness (QED) is 0.878. The molecule has 0 atom stereocenters. The third-order valence-corrected chi connectivity index (χ3v) is 4.25. The van der Waals surface area contributed by atoms with Gasteiger partial charge in [-0.3, -0.25) is 9.59 Å². The van der Waals surface area contributed by atoms with Crippen LogP contribution >= 0.6 is 0 Å². The van der Waals surface area contributed by atoms with E-state index in [1.54, 1.807) is 25.1 Å². The Kier molecular flexibility index (Phi) is 4.28. The Hall–Kier alpha value is -3.15. The van der Waals surface area contributed by atoms with Gasteiger partial charge in [0.1, 0.15) is 11.4 Å². The van der Waals surface area contributed by atoms with Crippen molar-refractivity contribution in [1.29, 1.82) is 0 Å². The molecule has 0 saturated carbocycles. The number of hydrogen-bond acceptors (Lipinski definition) is 4. The maximum atomic E-state index is 12.6. The molecule has 0 aliphatic carbocycles. The summed E-state index contributed by atoms with van der Waals surface area (Å²) in [6.45, 7) is 5.45. The largest absolute Gasteiger partial charge is 0.487 e. The van der Waals surface area contributed by atoms with Gasteiger partial charge in [0.25, 0.3) is 5.91 Å². The number of anilines is 1. The van der Waals surface area contributed by atoms with Crippen LogP contribution in [0.25, 0.3) is 0 Å². The highest BCUT2D eigenvalue weighted by atomic mass is 16.5. The number of fused-ring (bicyclic) bond motifs is 1. The van der Waals surface area contributed by atoms with Gasteiger partial charge in [-0.05, 0) is 56.7 Å². The lowest BCUT2D eigenvalue weighted by atomic mass is 9.92. The summed E-state index contributed by atoms with van der Waals surface area (Å²) < 4.78 is 5.79. The Morgan fingerprint density at radius 3 is 2.50 bits per heavy atom. The smallest absolute Gasteiger partial charge is 0.335 e. The van der Waals surface area contributed by atoms with Gasteiger partial charge in [0.05, 0.1) is 17.5 Å². The van der Waals surface area contributed by atoms with Gasteiger partial charge >= 0.3 is 5.97 Å². The number of carboxylic acids is 1. The number of carbonyl (C=O) groups excluding carboxylic acids is 2. The number of hydrogen-bond donors (Lipinski definition) is 2. The number of nitrogens with one attached hydrogen (secondary N) is 1. The molecule has 26 heavy (non-hydrogen) atoms. The van der Waals surface area contributed by atoms with Crippen molar-refractivity contribution in [1.82, 2.24) is 0 Å². The van der Waals surface area contributed by atoms with Crippen molar-refractivity contribution in [2.75, 3.05) is 5.32 Å². The highest BCUT2D eigenvalue weighted by Gasteiger charge is 2.32. The average molecular weight is 353 g/mol. The number of aromatic carboxylic acids is 1. The maximum Gasteiger partial charge on any atom is 0.335 e. The number of carbonyl (C=O) groups is 3. The molecule has 0 aromatic heterocycles. The minimum absolute atomic E-state index is 0.0741. The van der Waals surface area contributed by atoms with Crippen molar-refractivity contribution < 1.29 is 24.2 Å². The van der Waals surface area contributed by atoms with E-state index in [1.165, 1.54) is 18.2 Å². The Morgan fingerprint density at radius 2 is 1.81 bits per heavy atom. The van der Waals surface area contributed by atoms with Crippen LogP contribution in [-0.2, 0) is 0 Å². The molecule has 0 saturated heterocycles. The van der Waals surface area contributed by atoms with Gasteiger partial charge in [0.2, 0.25) is 0 Å². The molecule has 134 valence electrons. The number of benzene rings is 2. The van der Waals surface area contributed by atoms with E-state index >= 15 is 0 Å². The number of amides is 1. The molecule has 1 amide bonds. The highest BCUT2D eigenvalue weighted by Crippen LogP contribution is 2.33. The lowest BCUT2D eigenvalue weighted by Gasteiger charge is -2.31. The van der Waals surface area contributed by atoms with E-state index in [1.807, 2.05) is 13.8 Å². The van der Waals surface area contributed by atoms with Gasteiger partial charge in [-0.1, -0.05) is 6.07 Å². The van der Waals surface area contributed by atoms with Gasteiger partial charge in [-0.25, -0.2) is 4.79 Å². The Balaban J connectivity index is 1.88. The molecule has 6 heteroatoms. The lowest BCUT2D eigenvalue weighted by molar-refractivity contribution is 0.0618. The normalized spacial score (nSPS) is 15.0. The van der Waals surface area contributed by atoms with Crippen LogP contribution in [0.1, 0.15) is 56.9 Å². The molecular weight excluding hydrogens is 334 g/mol. The van der Waals surface area contributed by atoms with Crippen LogP contribution in [0.3, 0.4) is 0 Å². The third-order valence-electron chi connectivity index (χ3n) is 4.25. The Bertz CT molecular complexity index is 930. The van der Waals surface area contributed by atoms with E-state index in [0.717, 1.165) is 5.56 Å². The molecule has 2 aromatic rings. The number of aryl methyl sites for hydroxylation is 1. The number of rotatable bonds is 3. The fraction of sp³-hybridized carbons (Fsp3) is 0.250. The molecule has 1 aliphatic rings. The molecule has 0 bridgehead atoms. The van der Waals surface area contributed by atoms with Crippen molar-refractivity contribution >= 4 is 23.3 Å². The van der Waals surface area contributed by atoms with Crippen molar-refractivity contribution in [2.24, 2.45) is 0 Å². The average Bonchev–Trinajstić information content (AvgIpc) is 2.55. The summed E-state index contributed by atoms with van der Waals surface area (Å²) in [5.74, 6) is -1.10. The molecule has 1 aliphatic heterocycles. The molecule has 2 N–H and O–H groups in total. The lowest BCUT2D eigenvalue weighted by Crippen LogP contribution is -2.36. The van der Waals surface area contributed by atoms with Crippen LogP contribution in [0.2, 0.25) is 0 Å². The first-order chi connectivity index (χ1) is 12.2. The number of ether oxygens (including phenoxy) is 1.